The maximum absolute atomic E-state index is 11.5. The van der Waals surface area contributed by atoms with Gasteiger partial charge in [-0.05, 0) is 92.3 Å². The molecule has 4 aliphatic carbocycles. The highest BCUT2D eigenvalue weighted by molar-refractivity contribution is 5.66. The molecule has 4 saturated carbocycles. The van der Waals surface area contributed by atoms with Crippen molar-refractivity contribution in [2.24, 2.45) is 46.3 Å². The van der Waals surface area contributed by atoms with Crippen molar-refractivity contribution in [1.29, 1.82) is 0 Å². The highest BCUT2D eigenvalue weighted by atomic mass is 16.4. The van der Waals surface area contributed by atoms with E-state index in [-0.39, 0.29) is 41.1 Å². The first-order valence-corrected chi connectivity index (χ1v) is 11.9. The number of hydrogen-bond donors (Lipinski definition) is 4. The molecule has 5 nitrogen and oxygen atoms in total. The number of aliphatic hydroxyl groups is 3. The minimum absolute atomic E-state index is 0.00309. The fraction of sp³-hybridized carbons (Fsp3) is 0.958. The summed E-state index contributed by atoms with van der Waals surface area (Å²) < 4.78 is 0. The largest absolute Gasteiger partial charge is 0.481 e. The van der Waals surface area contributed by atoms with E-state index in [4.69, 9.17) is 5.11 Å². The van der Waals surface area contributed by atoms with Crippen molar-refractivity contribution >= 4 is 5.97 Å². The van der Waals surface area contributed by atoms with Crippen molar-refractivity contribution in [3.05, 3.63) is 0 Å². The number of carboxylic acids is 1. The van der Waals surface area contributed by atoms with Gasteiger partial charge in [0.05, 0.1) is 18.3 Å². The van der Waals surface area contributed by atoms with Gasteiger partial charge in [-0.1, -0.05) is 20.8 Å². The van der Waals surface area contributed by atoms with Crippen molar-refractivity contribution in [3.8, 4) is 0 Å². The van der Waals surface area contributed by atoms with Crippen molar-refractivity contribution < 1.29 is 25.2 Å². The molecule has 4 N–H and O–H groups in total. The van der Waals surface area contributed by atoms with Gasteiger partial charge in [-0.2, -0.15) is 0 Å². The van der Waals surface area contributed by atoms with Crippen LogP contribution in [0.5, 0.6) is 0 Å². The Balaban J connectivity index is 1.62. The fourth-order valence-corrected chi connectivity index (χ4v) is 8.83. The van der Waals surface area contributed by atoms with E-state index in [9.17, 15) is 20.1 Å². The molecule has 0 heterocycles. The number of carbonyl (C=O) groups is 1. The molecule has 4 rings (SSSR count). The minimum atomic E-state index is -0.758. The van der Waals surface area contributed by atoms with Crippen LogP contribution in [-0.4, -0.2) is 44.7 Å². The highest BCUT2D eigenvalue weighted by Gasteiger charge is 2.66. The van der Waals surface area contributed by atoms with Crippen molar-refractivity contribution in [1.82, 2.24) is 0 Å². The van der Waals surface area contributed by atoms with Crippen LogP contribution >= 0.6 is 0 Å². The lowest BCUT2D eigenvalue weighted by Gasteiger charge is -2.64. The number of carboxylic acid groups (broad SMARTS) is 1. The monoisotopic (exact) mass is 408 g/mol. The van der Waals surface area contributed by atoms with Gasteiger partial charge in [0.2, 0.25) is 0 Å². The summed E-state index contributed by atoms with van der Waals surface area (Å²) in [5.74, 6) is 1.10. The summed E-state index contributed by atoms with van der Waals surface area (Å²) >= 11 is 0. The average Bonchev–Trinajstić information content (AvgIpc) is 3.02. The zero-order chi connectivity index (χ0) is 21.1. The Kier molecular flexibility index (Phi) is 5.57. The van der Waals surface area contributed by atoms with Crippen LogP contribution in [0.15, 0.2) is 0 Å². The molecule has 166 valence electrons. The molecule has 5 heteroatoms. The van der Waals surface area contributed by atoms with E-state index in [0.717, 1.165) is 44.9 Å². The molecule has 4 aliphatic rings. The summed E-state index contributed by atoms with van der Waals surface area (Å²) in [5, 5.41) is 42.2. The summed E-state index contributed by atoms with van der Waals surface area (Å²) in [6.07, 6.45) is 5.98. The van der Waals surface area contributed by atoms with Crippen molar-refractivity contribution in [2.75, 3.05) is 0 Å². The Labute approximate surface area is 174 Å². The summed E-state index contributed by atoms with van der Waals surface area (Å²) in [4.78, 5) is 11.1. The van der Waals surface area contributed by atoms with Crippen molar-refractivity contribution in [2.45, 2.75) is 96.9 Å². The Morgan fingerprint density at radius 3 is 2.48 bits per heavy atom. The number of hydrogen-bond acceptors (Lipinski definition) is 4. The van der Waals surface area contributed by atoms with Gasteiger partial charge < -0.3 is 20.4 Å². The number of fused-ring (bicyclic) bond motifs is 5. The molecule has 0 aromatic heterocycles. The van der Waals surface area contributed by atoms with Crippen LogP contribution in [-0.2, 0) is 4.79 Å². The molecular weight excluding hydrogens is 368 g/mol. The number of aliphatic hydroxyl groups excluding tert-OH is 3. The summed E-state index contributed by atoms with van der Waals surface area (Å²) in [6.45, 7) is 6.61. The minimum Gasteiger partial charge on any atom is -0.481 e. The number of rotatable bonds is 4. The predicted octanol–water partition coefficient (Wildman–Crippen LogP) is 3.45. The van der Waals surface area contributed by atoms with Gasteiger partial charge in [0, 0.05) is 11.8 Å². The van der Waals surface area contributed by atoms with Gasteiger partial charge in [0.1, 0.15) is 0 Å². The van der Waals surface area contributed by atoms with E-state index >= 15 is 0 Å². The lowest BCUT2D eigenvalue weighted by Crippen LogP contribution is -2.65. The maximum Gasteiger partial charge on any atom is 0.303 e. The summed E-state index contributed by atoms with van der Waals surface area (Å²) in [6, 6.07) is 0. The van der Waals surface area contributed by atoms with Crippen LogP contribution in [0.1, 0.15) is 78.6 Å². The van der Waals surface area contributed by atoms with E-state index in [1.807, 2.05) is 0 Å². The molecule has 11 atom stereocenters. The van der Waals surface area contributed by atoms with Crippen molar-refractivity contribution in [3.63, 3.8) is 0 Å². The molecule has 4 fully saturated rings. The Bertz CT molecular complexity index is 637. The van der Waals surface area contributed by atoms with Gasteiger partial charge in [-0.3, -0.25) is 4.79 Å². The van der Waals surface area contributed by atoms with Gasteiger partial charge in [-0.15, -0.1) is 0 Å². The second kappa shape index (κ2) is 7.49. The molecule has 0 aromatic rings. The van der Waals surface area contributed by atoms with E-state index in [1.165, 1.54) is 0 Å². The lowest BCUT2D eigenvalue weighted by molar-refractivity contribution is -0.231. The molecule has 0 aromatic carbocycles. The molecular formula is C24H40O5. The highest BCUT2D eigenvalue weighted by Crippen LogP contribution is 2.68. The first-order chi connectivity index (χ1) is 13.6. The standard InChI is InChI=1S/C24H40O5/c1-13(4-9-19(26)27)17-7-8-18-16-6-5-14-12-15(25)10-11-23(14,2)20(16)21(28)22(29)24(17,18)3/h13-18,20-22,25,28-29H,4-12H2,1-3H3,(H,26,27)/t13-,14?,15?,16+,17-,18+,20-,21?,22?,23+,24-/m1/s1. The quantitative estimate of drug-likeness (QED) is 0.571. The summed E-state index contributed by atoms with van der Waals surface area (Å²) in [5.41, 5.74) is -0.341. The van der Waals surface area contributed by atoms with Crippen LogP contribution in [0.3, 0.4) is 0 Å². The van der Waals surface area contributed by atoms with Crippen LogP contribution in [0.2, 0.25) is 0 Å². The first-order valence-electron chi connectivity index (χ1n) is 11.9. The van der Waals surface area contributed by atoms with E-state index in [2.05, 4.69) is 20.8 Å². The second-order valence-electron chi connectivity index (χ2n) is 11.4. The molecule has 0 spiro atoms. The second-order valence-corrected chi connectivity index (χ2v) is 11.4. The molecule has 0 bridgehead atoms. The van der Waals surface area contributed by atoms with Crippen LogP contribution in [0, 0.1) is 46.3 Å². The normalized spacial score (nSPS) is 52.9. The van der Waals surface area contributed by atoms with E-state index in [1.54, 1.807) is 0 Å². The van der Waals surface area contributed by atoms with Crippen LogP contribution in [0.4, 0.5) is 0 Å². The smallest absolute Gasteiger partial charge is 0.303 e. The topological polar surface area (TPSA) is 98.0 Å². The molecule has 0 saturated heterocycles. The first kappa shape index (κ1) is 21.6. The molecule has 0 aliphatic heterocycles. The van der Waals surface area contributed by atoms with Crippen LogP contribution < -0.4 is 0 Å². The van der Waals surface area contributed by atoms with Gasteiger partial charge in [0.15, 0.2) is 0 Å². The van der Waals surface area contributed by atoms with Gasteiger partial charge >= 0.3 is 5.97 Å². The third-order valence-electron chi connectivity index (χ3n) is 10.3. The third-order valence-corrected chi connectivity index (χ3v) is 10.3. The van der Waals surface area contributed by atoms with Gasteiger partial charge in [-0.25, -0.2) is 0 Å². The lowest BCUT2D eigenvalue weighted by atomic mass is 9.43. The predicted molar refractivity (Wildman–Crippen MR) is 110 cm³/mol. The average molecular weight is 409 g/mol. The third kappa shape index (κ3) is 3.18. The molecule has 29 heavy (non-hydrogen) atoms. The molecule has 0 radical (unpaired) electrons. The maximum atomic E-state index is 11.5. The fourth-order valence-electron chi connectivity index (χ4n) is 8.83. The Morgan fingerprint density at radius 2 is 1.79 bits per heavy atom. The van der Waals surface area contributed by atoms with E-state index < -0.39 is 18.2 Å². The molecule has 4 unspecified atom stereocenters. The Hall–Kier alpha value is -0.650. The molecule has 0 amide bonds. The van der Waals surface area contributed by atoms with Crippen LogP contribution in [0.25, 0.3) is 0 Å². The SMILES string of the molecule is C[C@H](CCC(=O)O)[C@H]1CC[C@H]2[C@@H]3CCC4CC(O)CC[C@]4(C)[C@H]3C(O)C(O)[C@]12C. The zero-order valence-electron chi connectivity index (χ0n) is 18.3. The Morgan fingerprint density at radius 1 is 1.07 bits per heavy atom. The zero-order valence-corrected chi connectivity index (χ0v) is 18.3. The van der Waals surface area contributed by atoms with E-state index in [0.29, 0.717) is 24.2 Å². The van der Waals surface area contributed by atoms with Gasteiger partial charge in [0.25, 0.3) is 0 Å². The number of aliphatic carboxylic acids is 1. The summed E-state index contributed by atoms with van der Waals surface area (Å²) in [7, 11) is 0.